The highest BCUT2D eigenvalue weighted by Crippen LogP contribution is 2.25. The average molecular weight is 172 g/mol. The number of rotatable bonds is 2. The summed E-state index contributed by atoms with van der Waals surface area (Å²) in [6.07, 6.45) is 5.56. The van der Waals surface area contributed by atoms with Gasteiger partial charge in [0.15, 0.2) is 0 Å². The molecular formula is C8H16N2O2. The van der Waals surface area contributed by atoms with E-state index in [1.165, 1.54) is 6.42 Å². The molecule has 0 saturated heterocycles. The summed E-state index contributed by atoms with van der Waals surface area (Å²) in [5.41, 5.74) is 7.23. The first-order chi connectivity index (χ1) is 5.75. The van der Waals surface area contributed by atoms with E-state index in [1.54, 1.807) is 5.48 Å². The number of nitrogens with one attached hydrogen (secondary N) is 1. The Morgan fingerprint density at radius 1 is 1.42 bits per heavy atom. The summed E-state index contributed by atoms with van der Waals surface area (Å²) in [5.74, 6) is -0.201. The van der Waals surface area contributed by atoms with Crippen LogP contribution in [0.2, 0.25) is 0 Å². The Balaban J connectivity index is 2.39. The molecule has 0 spiro atoms. The van der Waals surface area contributed by atoms with E-state index in [2.05, 4.69) is 0 Å². The van der Waals surface area contributed by atoms with Gasteiger partial charge in [-0.05, 0) is 18.8 Å². The first-order valence-electron chi connectivity index (χ1n) is 4.45. The standard InChI is InChI=1S/C8H16N2O2/c9-7(8(11)10-12)6-4-2-1-3-5-6/h6-7,12H,1-5,9H2,(H,10,11). The summed E-state index contributed by atoms with van der Waals surface area (Å²) in [7, 11) is 0. The van der Waals surface area contributed by atoms with E-state index in [0.717, 1.165) is 25.7 Å². The smallest absolute Gasteiger partial charge is 0.260 e. The Morgan fingerprint density at radius 3 is 2.50 bits per heavy atom. The van der Waals surface area contributed by atoms with Crippen molar-refractivity contribution in [2.75, 3.05) is 0 Å². The molecule has 4 heteroatoms. The van der Waals surface area contributed by atoms with E-state index in [1.807, 2.05) is 0 Å². The maximum atomic E-state index is 10.9. The van der Waals surface area contributed by atoms with Gasteiger partial charge >= 0.3 is 0 Å². The van der Waals surface area contributed by atoms with Gasteiger partial charge in [-0.25, -0.2) is 5.48 Å². The molecule has 4 nitrogen and oxygen atoms in total. The number of carbonyl (C=O) groups excluding carboxylic acids is 1. The molecular weight excluding hydrogens is 156 g/mol. The van der Waals surface area contributed by atoms with Crippen LogP contribution in [-0.4, -0.2) is 17.2 Å². The zero-order valence-electron chi connectivity index (χ0n) is 7.12. The fourth-order valence-corrected chi connectivity index (χ4v) is 1.78. The van der Waals surface area contributed by atoms with Gasteiger partial charge in [0.25, 0.3) is 5.91 Å². The Kier molecular flexibility index (Phi) is 3.49. The fourth-order valence-electron chi connectivity index (χ4n) is 1.78. The van der Waals surface area contributed by atoms with Crippen LogP contribution in [-0.2, 0) is 4.79 Å². The van der Waals surface area contributed by atoms with Crippen LogP contribution in [0.15, 0.2) is 0 Å². The molecule has 4 N–H and O–H groups in total. The topological polar surface area (TPSA) is 75.4 Å². The van der Waals surface area contributed by atoms with Gasteiger partial charge in [-0.1, -0.05) is 19.3 Å². The summed E-state index contributed by atoms with van der Waals surface area (Å²) < 4.78 is 0. The van der Waals surface area contributed by atoms with E-state index in [0.29, 0.717) is 0 Å². The van der Waals surface area contributed by atoms with Crippen molar-refractivity contribution in [2.45, 2.75) is 38.1 Å². The van der Waals surface area contributed by atoms with Crippen LogP contribution < -0.4 is 11.2 Å². The molecule has 0 aliphatic heterocycles. The van der Waals surface area contributed by atoms with E-state index in [9.17, 15) is 4.79 Å². The Labute approximate surface area is 72.1 Å². The lowest BCUT2D eigenvalue weighted by Crippen LogP contribution is -2.45. The third-order valence-electron chi connectivity index (χ3n) is 2.57. The molecule has 0 aromatic heterocycles. The van der Waals surface area contributed by atoms with Gasteiger partial charge in [-0.2, -0.15) is 0 Å². The Bertz CT molecular complexity index is 155. The second-order valence-corrected chi connectivity index (χ2v) is 3.40. The number of amides is 1. The van der Waals surface area contributed by atoms with Gasteiger partial charge < -0.3 is 5.73 Å². The molecule has 0 heterocycles. The molecule has 1 saturated carbocycles. The van der Waals surface area contributed by atoms with Crippen LogP contribution in [0, 0.1) is 5.92 Å². The molecule has 1 unspecified atom stereocenters. The van der Waals surface area contributed by atoms with Crippen molar-refractivity contribution in [3.8, 4) is 0 Å². The van der Waals surface area contributed by atoms with Crippen LogP contribution in [0.25, 0.3) is 0 Å². The van der Waals surface area contributed by atoms with Gasteiger partial charge in [-0.3, -0.25) is 10.0 Å². The normalized spacial score (nSPS) is 21.8. The number of hydrogen-bond donors (Lipinski definition) is 3. The molecule has 1 atom stereocenters. The predicted molar refractivity (Wildman–Crippen MR) is 44.5 cm³/mol. The van der Waals surface area contributed by atoms with Gasteiger partial charge in [0.2, 0.25) is 0 Å². The van der Waals surface area contributed by atoms with Crippen molar-refractivity contribution >= 4 is 5.91 Å². The molecule has 0 radical (unpaired) electrons. The Hall–Kier alpha value is -0.610. The summed E-state index contributed by atoms with van der Waals surface area (Å²) in [6, 6.07) is -0.532. The first kappa shape index (κ1) is 9.48. The summed E-state index contributed by atoms with van der Waals surface area (Å²) >= 11 is 0. The van der Waals surface area contributed by atoms with Crippen LogP contribution in [0.3, 0.4) is 0 Å². The molecule has 1 fully saturated rings. The van der Waals surface area contributed by atoms with Crippen LogP contribution >= 0.6 is 0 Å². The molecule has 12 heavy (non-hydrogen) atoms. The van der Waals surface area contributed by atoms with E-state index in [-0.39, 0.29) is 5.92 Å². The largest absolute Gasteiger partial charge is 0.320 e. The third kappa shape index (κ3) is 2.19. The Morgan fingerprint density at radius 2 is 2.00 bits per heavy atom. The lowest BCUT2D eigenvalue weighted by atomic mass is 9.84. The quantitative estimate of drug-likeness (QED) is 0.417. The molecule has 70 valence electrons. The van der Waals surface area contributed by atoms with Crippen molar-refractivity contribution in [1.29, 1.82) is 0 Å². The molecule has 0 aromatic carbocycles. The lowest BCUT2D eigenvalue weighted by molar-refractivity contribution is -0.132. The zero-order chi connectivity index (χ0) is 8.97. The predicted octanol–water partition coefficient (Wildman–Crippen LogP) is 0.399. The highest BCUT2D eigenvalue weighted by Gasteiger charge is 2.25. The maximum absolute atomic E-state index is 10.9. The van der Waals surface area contributed by atoms with Gasteiger partial charge in [0.1, 0.15) is 0 Å². The third-order valence-corrected chi connectivity index (χ3v) is 2.57. The SMILES string of the molecule is NC(C(=O)NO)C1CCCCC1. The fraction of sp³-hybridized carbons (Fsp3) is 0.875. The molecule has 0 aromatic rings. The number of carbonyl (C=O) groups is 1. The highest BCUT2D eigenvalue weighted by molar-refractivity contribution is 5.80. The number of hydrogen-bond acceptors (Lipinski definition) is 3. The second kappa shape index (κ2) is 4.42. The second-order valence-electron chi connectivity index (χ2n) is 3.40. The summed E-state index contributed by atoms with van der Waals surface area (Å²) in [4.78, 5) is 10.9. The number of nitrogens with two attached hydrogens (primary N) is 1. The van der Waals surface area contributed by atoms with Gasteiger partial charge in [0.05, 0.1) is 6.04 Å². The molecule has 1 amide bonds. The molecule has 0 bridgehead atoms. The monoisotopic (exact) mass is 172 g/mol. The van der Waals surface area contributed by atoms with Crippen molar-refractivity contribution in [1.82, 2.24) is 5.48 Å². The lowest BCUT2D eigenvalue weighted by Gasteiger charge is -2.25. The minimum atomic E-state index is -0.532. The highest BCUT2D eigenvalue weighted by atomic mass is 16.5. The van der Waals surface area contributed by atoms with Crippen LogP contribution in [0.4, 0.5) is 0 Å². The van der Waals surface area contributed by atoms with Crippen molar-refractivity contribution in [3.05, 3.63) is 0 Å². The van der Waals surface area contributed by atoms with Gasteiger partial charge in [-0.15, -0.1) is 0 Å². The van der Waals surface area contributed by atoms with Crippen LogP contribution in [0.1, 0.15) is 32.1 Å². The van der Waals surface area contributed by atoms with E-state index in [4.69, 9.17) is 10.9 Å². The minimum Gasteiger partial charge on any atom is -0.320 e. The maximum Gasteiger partial charge on any atom is 0.260 e. The molecule has 1 aliphatic rings. The van der Waals surface area contributed by atoms with Crippen molar-refractivity contribution < 1.29 is 10.0 Å². The molecule has 1 aliphatic carbocycles. The molecule has 1 rings (SSSR count). The summed E-state index contributed by atoms with van der Waals surface area (Å²) in [5, 5.41) is 8.36. The van der Waals surface area contributed by atoms with Crippen LogP contribution in [0.5, 0.6) is 0 Å². The first-order valence-corrected chi connectivity index (χ1v) is 4.45. The van der Waals surface area contributed by atoms with Crippen molar-refractivity contribution in [2.24, 2.45) is 11.7 Å². The zero-order valence-corrected chi connectivity index (χ0v) is 7.12. The number of hydroxylamine groups is 1. The van der Waals surface area contributed by atoms with Crippen molar-refractivity contribution in [3.63, 3.8) is 0 Å². The average Bonchev–Trinajstić information content (AvgIpc) is 2.17. The van der Waals surface area contributed by atoms with Gasteiger partial charge in [0, 0.05) is 0 Å². The minimum absolute atomic E-state index is 0.255. The summed E-state index contributed by atoms with van der Waals surface area (Å²) in [6.45, 7) is 0. The van der Waals surface area contributed by atoms with E-state index < -0.39 is 11.9 Å². The van der Waals surface area contributed by atoms with E-state index >= 15 is 0 Å².